The van der Waals surface area contributed by atoms with E-state index >= 15 is 0 Å². The fourth-order valence-electron chi connectivity index (χ4n) is 1.25. The number of hydrogen-bond donors (Lipinski definition) is 0. The van der Waals surface area contributed by atoms with Crippen molar-refractivity contribution in [2.45, 2.75) is 13.8 Å². The van der Waals surface area contributed by atoms with Gasteiger partial charge in [-0.1, -0.05) is 12.2 Å². The molecule has 2 rings (SSSR count). The van der Waals surface area contributed by atoms with Gasteiger partial charge in [-0.15, -0.1) is 0 Å². The summed E-state index contributed by atoms with van der Waals surface area (Å²) in [5.41, 5.74) is 1.03. The zero-order chi connectivity index (χ0) is 13.7. The Bertz CT molecular complexity index is 530. The van der Waals surface area contributed by atoms with E-state index < -0.39 is 11.6 Å². The second-order valence-corrected chi connectivity index (χ2v) is 3.83. The van der Waals surface area contributed by atoms with Crippen LogP contribution in [0.3, 0.4) is 0 Å². The lowest BCUT2D eigenvalue weighted by molar-refractivity contribution is -0.131. The van der Waals surface area contributed by atoms with Gasteiger partial charge in [0.25, 0.3) is 0 Å². The lowest BCUT2D eigenvalue weighted by Crippen LogP contribution is -2.13. The second kappa shape index (κ2) is 5.82. The highest BCUT2D eigenvalue weighted by Gasteiger charge is 2.13. The molecule has 0 amide bonds. The molecule has 0 heterocycles. The third-order valence-corrected chi connectivity index (χ3v) is 2.32. The Labute approximate surface area is 104 Å². The molecule has 0 aliphatic heterocycles. The molecule has 18 heavy (non-hydrogen) atoms. The lowest BCUT2D eigenvalue weighted by Gasteiger charge is -1.97. The smallest absolute Gasteiger partial charge is 0.228 e. The highest BCUT2D eigenvalue weighted by Crippen LogP contribution is 2.03. The summed E-state index contributed by atoms with van der Waals surface area (Å²) >= 11 is 0. The lowest BCUT2D eigenvalue weighted by atomic mass is 10.0. The monoisotopic (exact) mass is 244 g/mol. The first-order valence-electron chi connectivity index (χ1n) is 5.30. The Morgan fingerprint density at radius 2 is 1.44 bits per heavy atom. The van der Waals surface area contributed by atoms with Crippen LogP contribution in [0.25, 0.3) is 0 Å². The summed E-state index contributed by atoms with van der Waals surface area (Å²) in [6, 6.07) is 0. The molecule has 0 N–H and O–H groups in total. The van der Waals surface area contributed by atoms with Gasteiger partial charge in [-0.05, 0) is 38.2 Å². The van der Waals surface area contributed by atoms with Crippen LogP contribution in [0.1, 0.15) is 13.8 Å². The molecule has 0 unspecified atom stereocenters. The van der Waals surface area contributed by atoms with Crippen molar-refractivity contribution in [1.82, 2.24) is 0 Å². The molecule has 0 fully saturated rings. The first kappa shape index (κ1) is 13.7. The molecule has 4 heteroatoms. The predicted molar refractivity (Wildman–Crippen MR) is 65.8 cm³/mol. The molecule has 92 valence electrons. The molecule has 0 aromatic heterocycles. The van der Waals surface area contributed by atoms with Crippen molar-refractivity contribution < 1.29 is 19.2 Å². The highest BCUT2D eigenvalue weighted by atomic mass is 16.2. The van der Waals surface area contributed by atoms with Crippen LogP contribution in [0, 0.1) is 0 Å². The molecule has 0 aromatic rings. The van der Waals surface area contributed by atoms with Gasteiger partial charge in [0.1, 0.15) is 0 Å². The van der Waals surface area contributed by atoms with E-state index in [0.29, 0.717) is 11.1 Å². The molecule has 2 aliphatic carbocycles. The van der Waals surface area contributed by atoms with Gasteiger partial charge in [0.15, 0.2) is 11.6 Å². The first-order valence-corrected chi connectivity index (χ1v) is 5.30. The van der Waals surface area contributed by atoms with Crippen LogP contribution in [0.2, 0.25) is 0 Å². The van der Waals surface area contributed by atoms with Gasteiger partial charge in [0.05, 0.1) is 0 Å². The van der Waals surface area contributed by atoms with Crippen molar-refractivity contribution in [2.75, 3.05) is 0 Å². The molecule has 0 radical (unpaired) electrons. The molecule has 0 saturated heterocycles. The third-order valence-electron chi connectivity index (χ3n) is 2.32. The minimum atomic E-state index is -0.421. The zero-order valence-electron chi connectivity index (χ0n) is 10.1. The molecule has 2 aliphatic rings. The van der Waals surface area contributed by atoms with Crippen LogP contribution in [-0.4, -0.2) is 23.1 Å². The minimum Gasteiger partial charge on any atom is -0.290 e. The van der Waals surface area contributed by atoms with Gasteiger partial charge >= 0.3 is 0 Å². The summed E-state index contributed by atoms with van der Waals surface area (Å²) in [6.07, 6.45) is 8.38. The number of carbonyl (C=O) groups excluding carboxylic acids is 4. The molecular weight excluding hydrogens is 232 g/mol. The summed E-state index contributed by atoms with van der Waals surface area (Å²) < 4.78 is 0. The largest absolute Gasteiger partial charge is 0.290 e. The summed E-state index contributed by atoms with van der Waals surface area (Å²) in [4.78, 5) is 42.3. The summed E-state index contributed by atoms with van der Waals surface area (Å²) in [6.45, 7) is 3.26. The Morgan fingerprint density at radius 3 is 1.89 bits per heavy atom. The van der Waals surface area contributed by atoms with Crippen LogP contribution in [0.5, 0.6) is 0 Å². The van der Waals surface area contributed by atoms with Gasteiger partial charge in [-0.2, -0.15) is 0 Å². The van der Waals surface area contributed by atoms with Gasteiger partial charge in [0.2, 0.25) is 11.6 Å². The zero-order valence-corrected chi connectivity index (χ0v) is 10.1. The van der Waals surface area contributed by atoms with E-state index in [-0.39, 0.29) is 11.6 Å². The molecule has 0 spiro atoms. The summed E-state index contributed by atoms with van der Waals surface area (Å²) in [7, 11) is 0. The summed E-state index contributed by atoms with van der Waals surface area (Å²) in [5.74, 6) is -0.991. The van der Waals surface area contributed by atoms with E-state index in [1.54, 1.807) is 26.0 Å². The third kappa shape index (κ3) is 3.59. The van der Waals surface area contributed by atoms with E-state index in [2.05, 4.69) is 0 Å². The average molecular weight is 244 g/mol. The fraction of sp³-hybridized carbons (Fsp3) is 0.143. The van der Waals surface area contributed by atoms with Gasteiger partial charge in [0, 0.05) is 11.1 Å². The van der Waals surface area contributed by atoms with Crippen LogP contribution in [-0.2, 0) is 19.2 Å². The number of rotatable bonds is 0. The van der Waals surface area contributed by atoms with Crippen LogP contribution in [0.4, 0.5) is 0 Å². The Kier molecular flexibility index (Phi) is 4.43. The van der Waals surface area contributed by atoms with Crippen molar-refractivity contribution in [2.24, 2.45) is 0 Å². The molecule has 0 atom stereocenters. The van der Waals surface area contributed by atoms with E-state index in [9.17, 15) is 19.2 Å². The number of carbonyl (C=O) groups is 4. The van der Waals surface area contributed by atoms with Crippen LogP contribution >= 0.6 is 0 Å². The van der Waals surface area contributed by atoms with E-state index in [4.69, 9.17) is 0 Å². The topological polar surface area (TPSA) is 68.3 Å². The van der Waals surface area contributed by atoms with Gasteiger partial charge in [-0.3, -0.25) is 19.2 Å². The number of Topliss-reactive ketones (excluding diaryl/α,β-unsaturated/α-hetero) is 1. The van der Waals surface area contributed by atoms with Gasteiger partial charge in [-0.25, -0.2) is 0 Å². The van der Waals surface area contributed by atoms with E-state index in [1.807, 2.05) is 0 Å². The number of allylic oxidation sites excluding steroid dienone is 8. The van der Waals surface area contributed by atoms with Crippen molar-refractivity contribution in [3.8, 4) is 0 Å². The van der Waals surface area contributed by atoms with Crippen molar-refractivity contribution in [3.63, 3.8) is 0 Å². The van der Waals surface area contributed by atoms with E-state index in [1.165, 1.54) is 24.3 Å². The maximum Gasteiger partial charge on any atom is 0.228 e. The minimum absolute atomic E-state index is 0.0744. The van der Waals surface area contributed by atoms with Gasteiger partial charge < -0.3 is 0 Å². The Balaban J connectivity index is 0.000000180. The Hall–Kier alpha value is -2.36. The summed E-state index contributed by atoms with van der Waals surface area (Å²) in [5, 5.41) is 0. The second-order valence-electron chi connectivity index (χ2n) is 3.83. The van der Waals surface area contributed by atoms with Crippen LogP contribution < -0.4 is 0 Å². The van der Waals surface area contributed by atoms with Crippen molar-refractivity contribution >= 4 is 23.1 Å². The highest BCUT2D eigenvalue weighted by molar-refractivity contribution is 6.48. The predicted octanol–water partition coefficient (Wildman–Crippen LogP) is 1.28. The molecule has 4 nitrogen and oxygen atoms in total. The van der Waals surface area contributed by atoms with Crippen molar-refractivity contribution in [1.29, 1.82) is 0 Å². The maximum absolute atomic E-state index is 10.7. The molecule has 0 bridgehead atoms. The number of ketones is 4. The fourth-order valence-corrected chi connectivity index (χ4v) is 1.25. The SMILES string of the molecule is CC1=CC(=O)C=CC1=O.CC1=CC=CC(=O)C1=O. The molecular formula is C14H12O4. The standard InChI is InChI=1S/2C7H6O2/c1-5-4-6(8)2-3-7(5)9;1-5-3-2-4-6(8)7(5)9/h2*2-4H,1H3. The number of hydrogen-bond acceptors (Lipinski definition) is 4. The Morgan fingerprint density at radius 1 is 0.778 bits per heavy atom. The van der Waals surface area contributed by atoms with Crippen molar-refractivity contribution in [3.05, 3.63) is 47.6 Å². The quantitative estimate of drug-likeness (QED) is 0.365. The molecule has 0 aromatic carbocycles. The normalized spacial score (nSPS) is 18.1. The van der Waals surface area contributed by atoms with E-state index in [0.717, 1.165) is 0 Å². The van der Waals surface area contributed by atoms with Crippen LogP contribution in [0.15, 0.2) is 47.6 Å². The maximum atomic E-state index is 10.7. The average Bonchev–Trinajstić information content (AvgIpc) is 2.32. The molecule has 0 saturated carbocycles. The first-order chi connectivity index (χ1) is 8.41.